The van der Waals surface area contributed by atoms with E-state index in [4.69, 9.17) is 0 Å². The molecule has 7 aromatic heterocycles. The predicted octanol–water partition coefficient (Wildman–Crippen LogP) is 18.9. The van der Waals surface area contributed by atoms with Gasteiger partial charge >= 0.3 is 0 Å². The first-order valence-electron chi connectivity index (χ1n) is 40.8. The van der Waals surface area contributed by atoms with Crippen LogP contribution in [0.3, 0.4) is 0 Å². The zero-order valence-corrected chi connectivity index (χ0v) is 81.2. The Bertz CT molecular complexity index is 4160. The zero-order valence-electron chi connectivity index (χ0n) is 72.1. The van der Waals surface area contributed by atoms with Gasteiger partial charge in [0, 0.05) is 113 Å². The van der Waals surface area contributed by atoms with Crippen LogP contribution in [0.15, 0.2) is 67.6 Å². The first kappa shape index (κ1) is 129. The molecule has 0 bridgehead atoms. The Balaban J connectivity index is -0.000000195. The smallest absolute Gasteiger partial charge is 0.237 e. The number of hydrogen-bond donors (Lipinski definition) is 0. The third kappa shape index (κ3) is 27.9. The molecule has 0 amide bonds. The third-order valence-corrected chi connectivity index (χ3v) is 61.2. The quantitative estimate of drug-likeness (QED) is 0.118. The van der Waals surface area contributed by atoms with E-state index in [1.54, 1.807) is 75.0 Å². The minimum absolute atomic E-state index is 0. The number of rotatable bonds is 7. The molecule has 118 heavy (non-hydrogen) atoms. The van der Waals surface area contributed by atoms with Crippen molar-refractivity contribution in [1.82, 2.24) is 10.1 Å². The normalized spacial score (nSPS) is 16.9. The van der Waals surface area contributed by atoms with Crippen LogP contribution in [-0.2, 0) is 126 Å². The molecule has 0 saturated carbocycles. The molecule has 1 atom stereocenters. The van der Waals surface area contributed by atoms with Gasteiger partial charge in [-0.15, -0.1) is 0 Å². The summed E-state index contributed by atoms with van der Waals surface area (Å²) in [5, 5.41) is 20.0. The highest BCUT2D eigenvalue weighted by atomic mass is 28.4. The first-order valence-corrected chi connectivity index (χ1v) is 69.0. The van der Waals surface area contributed by atoms with Crippen LogP contribution < -0.4 is 78.9 Å². The molecule has 0 N–H and O–H groups in total. The van der Waals surface area contributed by atoms with Crippen molar-refractivity contribution in [1.29, 1.82) is 0 Å². The number of aromatic nitrogens is 9. The maximum Gasteiger partial charge on any atom is 0.285 e. The average molecular weight is 1790 g/mol. The summed E-state index contributed by atoms with van der Waals surface area (Å²) in [6.45, 7) is 60.5. The van der Waals surface area contributed by atoms with Gasteiger partial charge in [0.2, 0.25) is 5.69 Å². The molecular formula is C100H208N9Si9+7. The van der Waals surface area contributed by atoms with Crippen molar-refractivity contribution < 1.29 is 32.1 Å². The lowest BCUT2D eigenvalue weighted by Gasteiger charge is -2.32. The average Bonchev–Trinajstić information content (AvgIpc) is 1.56. The van der Waals surface area contributed by atoms with Crippen molar-refractivity contribution in [2.75, 3.05) is 0 Å². The Hall–Kier alpha value is -4.14. The van der Waals surface area contributed by atoms with Gasteiger partial charge in [-0.2, -0.15) is 0 Å². The first-order chi connectivity index (χ1) is 47.9. The summed E-state index contributed by atoms with van der Waals surface area (Å²) in [4.78, 5) is 4.64. The zero-order chi connectivity index (χ0) is 76.7. The van der Waals surface area contributed by atoms with Gasteiger partial charge in [0.15, 0.2) is 66.5 Å². The molecule has 14 heterocycles. The lowest BCUT2D eigenvalue weighted by molar-refractivity contribution is -0.738. The van der Waals surface area contributed by atoms with E-state index in [1.807, 2.05) is 6.33 Å². The summed E-state index contributed by atoms with van der Waals surface area (Å²) in [6, 6.07) is 22.5. The van der Waals surface area contributed by atoms with Crippen LogP contribution in [0.4, 0.5) is 0 Å². The van der Waals surface area contributed by atoms with E-state index in [0.29, 0.717) is 0 Å². The molecular weight excluding hydrogens is 1580 g/mol. The molecule has 7 aliphatic rings. The monoisotopic (exact) mass is 1790 g/mol. The van der Waals surface area contributed by atoms with Crippen LogP contribution in [0, 0.1) is 6.92 Å². The molecule has 0 spiro atoms. The van der Waals surface area contributed by atoms with Gasteiger partial charge in [0.05, 0.1) is 72.4 Å². The van der Waals surface area contributed by atoms with E-state index in [-0.39, 0.29) is 111 Å². The molecule has 0 aromatic carbocycles. The number of nitrogens with zero attached hydrogens (tertiary/aromatic N) is 9. The second-order valence-corrected chi connectivity index (χ2v) is 79.4. The van der Waals surface area contributed by atoms with E-state index < -0.39 is 73.4 Å². The van der Waals surface area contributed by atoms with Crippen molar-refractivity contribution in [2.24, 2.45) is 49.3 Å². The Morgan fingerprint density at radius 2 is 0.720 bits per heavy atom. The number of aryl methyl sites for hydroxylation is 14. The molecule has 0 saturated heterocycles. The summed E-state index contributed by atoms with van der Waals surface area (Å²) >= 11 is 0. The minimum atomic E-state index is -1.16. The molecule has 0 radical (unpaired) electrons. The van der Waals surface area contributed by atoms with Crippen molar-refractivity contribution in [3.8, 4) is 0 Å². The molecule has 0 fully saturated rings. The largest absolute Gasteiger partial charge is 0.285 e. The van der Waals surface area contributed by atoms with E-state index >= 15 is 0 Å². The highest BCUT2D eigenvalue weighted by molar-refractivity contribution is 7.14. The Morgan fingerprint density at radius 3 is 1.23 bits per heavy atom. The van der Waals surface area contributed by atoms with E-state index in [1.165, 1.54) is 132 Å². The van der Waals surface area contributed by atoms with Gasteiger partial charge in [-0.3, -0.25) is 0 Å². The van der Waals surface area contributed by atoms with Crippen molar-refractivity contribution in [2.45, 2.75) is 403 Å². The topological polar surface area (TPSA) is 52.9 Å². The van der Waals surface area contributed by atoms with Gasteiger partial charge in [-0.1, -0.05) is 304 Å². The Morgan fingerprint density at radius 1 is 0.339 bits per heavy atom. The highest BCUT2D eigenvalue weighted by Crippen LogP contribution is 2.30. The van der Waals surface area contributed by atoms with Crippen molar-refractivity contribution in [3.05, 3.63) is 141 Å². The van der Waals surface area contributed by atoms with Crippen LogP contribution in [0.2, 0.25) is 159 Å². The minimum Gasteiger partial charge on any atom is -0.237 e. The van der Waals surface area contributed by atoms with Crippen LogP contribution in [-0.4, -0.2) is 83.5 Å². The molecule has 7 aliphatic heterocycles. The molecule has 682 valence electrons. The Kier molecular flexibility index (Phi) is 55.6. The molecule has 9 nitrogen and oxygen atoms in total. The number of fused-ring (bicyclic) bond motifs is 7. The summed E-state index contributed by atoms with van der Waals surface area (Å²) in [6.07, 6.45) is 28.4. The summed E-state index contributed by atoms with van der Waals surface area (Å²) < 4.78 is 15.9. The maximum atomic E-state index is 4.66. The molecule has 1 unspecified atom stereocenters. The van der Waals surface area contributed by atoms with E-state index in [2.05, 4.69) is 320 Å². The van der Waals surface area contributed by atoms with Gasteiger partial charge < -0.3 is 0 Å². The van der Waals surface area contributed by atoms with Crippen LogP contribution in [0.25, 0.3) is 0 Å². The molecule has 0 aliphatic carbocycles. The van der Waals surface area contributed by atoms with Crippen LogP contribution >= 0.6 is 0 Å². The molecule has 14 rings (SSSR count). The molecule has 18 heteroatoms. The fourth-order valence-corrected chi connectivity index (χ4v) is 58.4. The summed E-state index contributed by atoms with van der Waals surface area (Å²) in [5.41, 5.74) is 21.4. The standard InChI is InChI=1S/2C13H24NSi2.C12H21N2Si.3C12H20NSi.C11H19N2Si.15CH4/c1-7-11-8-12-13(9-14(11)2)16(5,6)10-15(12,3)4;1-6-11-9-12-13(10-14(11)2)16(4,5)8-7-15(12)3;1-6-11-10-7-8-15(4,5)12(10)9(2)13-14(11)3;1-5-11-10-7-9-14(3,4)12(10)6-8-13(11)2;1-5-11-8-12-10(9-13(11)2)6-7-14(12,3)4;1-5-11-8-10-6-7-14(3,4)12(10)9-13(11)2;1-5-10-9-6-7-14(3,4)11(9)12-8-13(10)2;;;;;;;;;;;;;;;/h8-9H,7,10H2,1-6H3;9-10,15H,6-8H2,1-5H3;6-8H2,1-5H3;6,8H,5,7,9H2,1-4H3;2*8-9H,5-7H2,1-4H3;8H,5-7H2,1-4H3;15*1H4/q7*+1;;;;;;;;;;;;;;;. The highest BCUT2D eigenvalue weighted by Gasteiger charge is 2.47. The van der Waals surface area contributed by atoms with Gasteiger partial charge in [0.25, 0.3) is 6.33 Å². The summed E-state index contributed by atoms with van der Waals surface area (Å²) in [7, 11) is 5.73. The fraction of sp³-hybridized carbons (Fsp3) is 0.670. The SMILES string of the molecule is C.C.C.C.C.C.C.C.C.C.C.C.C.C.C.CCc1c2c(c(C)n[n+]1C)[Si](C)(C)CC2.CCc1c2c(cc[n+]1C)[Si](C)(C)CC2.CCc1c2c(nc[n+]1C)[Si](C)(C)CC2.CCc1cc2c(c[n+]1C)CC[Si]2(C)C.CCc1cc2c(c[n+]1C)[Si](C)(C)CC2.CCc1cc2c(c[n+]1C)[Si](C)(C)CC[SiH]2C.CCc1cc2c(c[n+]1C)[Si](C)(C)C[Si]2(C)C. The number of pyridine rings is 5. The number of hydrogen-bond acceptors (Lipinski definition) is 2. The van der Waals surface area contributed by atoms with Crippen LogP contribution in [0.5, 0.6) is 0 Å². The third-order valence-electron chi connectivity index (χ3n) is 26.2. The second kappa shape index (κ2) is 50.7. The van der Waals surface area contributed by atoms with Gasteiger partial charge in [-0.05, 0) is 101 Å². The van der Waals surface area contributed by atoms with Gasteiger partial charge in [0.1, 0.15) is 60.0 Å². The van der Waals surface area contributed by atoms with E-state index in [0.717, 1.165) is 38.5 Å². The van der Waals surface area contributed by atoms with Crippen molar-refractivity contribution >= 4 is 120 Å². The summed E-state index contributed by atoms with van der Waals surface area (Å²) in [5.74, 6) is 0. The van der Waals surface area contributed by atoms with E-state index in [9.17, 15) is 0 Å². The fourth-order valence-electron chi connectivity index (χ4n) is 19.6. The van der Waals surface area contributed by atoms with Gasteiger partial charge in [-0.25, -0.2) is 27.4 Å². The molecule has 7 aromatic rings. The maximum absolute atomic E-state index is 4.66. The van der Waals surface area contributed by atoms with Crippen LogP contribution in [0.1, 0.15) is 233 Å². The lowest BCUT2D eigenvalue weighted by Crippen LogP contribution is -2.61. The lowest BCUT2D eigenvalue weighted by atomic mass is 10.1. The second-order valence-electron chi connectivity index (χ2n) is 37.6. The van der Waals surface area contributed by atoms with Crippen molar-refractivity contribution in [3.63, 3.8) is 0 Å². The Labute approximate surface area is 750 Å². The predicted molar refractivity (Wildman–Crippen MR) is 567 cm³/mol.